The van der Waals surface area contributed by atoms with E-state index in [1.807, 2.05) is 24.7 Å². The van der Waals surface area contributed by atoms with Crippen LogP contribution in [-0.2, 0) is 0 Å². The highest BCUT2D eigenvalue weighted by molar-refractivity contribution is 5.80. The summed E-state index contributed by atoms with van der Waals surface area (Å²) < 4.78 is 0. The van der Waals surface area contributed by atoms with E-state index >= 15 is 0 Å². The minimum atomic E-state index is 0.125. The maximum Gasteiger partial charge on any atom is 0.139 e. The topological polar surface area (TPSA) is 27.6 Å². The molecule has 4 rings (SSSR count). The van der Waals surface area contributed by atoms with Crippen LogP contribution in [0.4, 0.5) is 0 Å². The van der Waals surface area contributed by atoms with Crippen molar-refractivity contribution in [1.82, 2.24) is 10.2 Å². The number of rotatable bonds is 2. The second kappa shape index (κ2) is 5.19. The van der Waals surface area contributed by atoms with E-state index in [4.69, 9.17) is 0 Å². The molecule has 0 fully saturated rings. The molecule has 1 atom stereocenters. The van der Waals surface area contributed by atoms with E-state index in [1.165, 1.54) is 22.3 Å². The summed E-state index contributed by atoms with van der Waals surface area (Å²) in [4.78, 5) is 6.33. The SMILES string of the molecule is Cc1c(C2=CN3C=CN=CC3N2)cccc1-c1ccccc1. The van der Waals surface area contributed by atoms with Gasteiger partial charge in [0.15, 0.2) is 0 Å². The molecule has 0 saturated carbocycles. The van der Waals surface area contributed by atoms with Gasteiger partial charge in [-0.1, -0.05) is 48.5 Å². The van der Waals surface area contributed by atoms with Gasteiger partial charge in [0.2, 0.25) is 0 Å². The molecule has 2 aromatic rings. The van der Waals surface area contributed by atoms with Gasteiger partial charge in [0.25, 0.3) is 0 Å². The Kier molecular flexibility index (Phi) is 3.04. The minimum Gasteiger partial charge on any atom is -0.359 e. The van der Waals surface area contributed by atoms with E-state index in [-0.39, 0.29) is 6.17 Å². The average molecular weight is 287 g/mol. The Hall–Kier alpha value is -2.81. The lowest BCUT2D eigenvalue weighted by Gasteiger charge is -2.20. The predicted octanol–water partition coefficient (Wildman–Crippen LogP) is 3.75. The number of fused-ring (bicyclic) bond motifs is 1. The maximum absolute atomic E-state index is 4.19. The van der Waals surface area contributed by atoms with Crippen LogP contribution < -0.4 is 5.32 Å². The Morgan fingerprint density at radius 3 is 2.64 bits per heavy atom. The van der Waals surface area contributed by atoms with Crippen LogP contribution in [-0.4, -0.2) is 17.3 Å². The molecule has 108 valence electrons. The lowest BCUT2D eigenvalue weighted by Crippen LogP contribution is -2.35. The van der Waals surface area contributed by atoms with E-state index in [9.17, 15) is 0 Å². The van der Waals surface area contributed by atoms with Crippen LogP contribution >= 0.6 is 0 Å². The molecule has 0 bridgehead atoms. The summed E-state index contributed by atoms with van der Waals surface area (Å²) in [5.41, 5.74) is 6.18. The number of hydrogen-bond acceptors (Lipinski definition) is 3. The molecule has 3 nitrogen and oxygen atoms in total. The van der Waals surface area contributed by atoms with Gasteiger partial charge in [0, 0.05) is 30.4 Å². The molecule has 0 aliphatic carbocycles. The molecule has 22 heavy (non-hydrogen) atoms. The summed E-state index contributed by atoms with van der Waals surface area (Å²) in [5.74, 6) is 0. The van der Waals surface area contributed by atoms with Crippen molar-refractivity contribution < 1.29 is 0 Å². The number of benzene rings is 2. The summed E-state index contributed by atoms with van der Waals surface area (Å²) >= 11 is 0. The Morgan fingerprint density at radius 2 is 1.82 bits per heavy atom. The highest BCUT2D eigenvalue weighted by Crippen LogP contribution is 2.30. The normalized spacial score (nSPS) is 18.9. The second-order valence-corrected chi connectivity index (χ2v) is 5.52. The molecule has 0 aromatic heterocycles. The fraction of sp³-hybridized carbons (Fsp3) is 0.105. The summed E-state index contributed by atoms with van der Waals surface area (Å²) in [6.45, 7) is 2.18. The van der Waals surface area contributed by atoms with E-state index in [2.05, 4.69) is 70.8 Å². The summed E-state index contributed by atoms with van der Waals surface area (Å²) in [6.07, 6.45) is 7.98. The van der Waals surface area contributed by atoms with E-state index in [0.29, 0.717) is 0 Å². The van der Waals surface area contributed by atoms with Crippen LogP contribution in [0.15, 0.2) is 72.1 Å². The summed E-state index contributed by atoms with van der Waals surface area (Å²) in [5, 5.41) is 3.52. The van der Waals surface area contributed by atoms with Gasteiger partial charge in [0.1, 0.15) is 6.17 Å². The van der Waals surface area contributed by atoms with Crippen molar-refractivity contribution in [3.05, 3.63) is 78.3 Å². The van der Waals surface area contributed by atoms with E-state index < -0.39 is 0 Å². The second-order valence-electron chi connectivity index (χ2n) is 5.52. The maximum atomic E-state index is 4.19. The third kappa shape index (κ3) is 2.11. The lowest BCUT2D eigenvalue weighted by molar-refractivity contribution is 0.455. The Bertz CT molecular complexity index is 788. The van der Waals surface area contributed by atoms with E-state index in [1.54, 1.807) is 0 Å². The van der Waals surface area contributed by atoms with Crippen LogP contribution in [0.3, 0.4) is 0 Å². The fourth-order valence-electron chi connectivity index (χ4n) is 3.00. The third-order valence-corrected chi connectivity index (χ3v) is 4.16. The van der Waals surface area contributed by atoms with Gasteiger partial charge in [-0.25, -0.2) is 0 Å². The van der Waals surface area contributed by atoms with Gasteiger partial charge in [-0.15, -0.1) is 0 Å². The van der Waals surface area contributed by atoms with Gasteiger partial charge in [-0.05, 0) is 23.6 Å². The van der Waals surface area contributed by atoms with Crippen LogP contribution in [0.25, 0.3) is 16.8 Å². The molecule has 2 aliphatic rings. The van der Waals surface area contributed by atoms with Gasteiger partial charge in [-0.2, -0.15) is 0 Å². The molecule has 2 heterocycles. The molecule has 3 heteroatoms. The monoisotopic (exact) mass is 287 g/mol. The highest BCUT2D eigenvalue weighted by atomic mass is 15.3. The molecular formula is C19H17N3. The van der Waals surface area contributed by atoms with Crippen LogP contribution in [0.5, 0.6) is 0 Å². The molecule has 2 aliphatic heterocycles. The molecule has 1 unspecified atom stereocenters. The number of nitrogens with one attached hydrogen (secondary N) is 1. The molecular weight excluding hydrogens is 270 g/mol. The minimum absolute atomic E-state index is 0.125. The van der Waals surface area contributed by atoms with Gasteiger partial charge in [0.05, 0.1) is 5.70 Å². The first-order valence-corrected chi connectivity index (χ1v) is 7.44. The number of hydrogen-bond donors (Lipinski definition) is 1. The summed E-state index contributed by atoms with van der Waals surface area (Å²) in [6, 6.07) is 17.0. The van der Waals surface area contributed by atoms with Gasteiger partial charge in [-0.3, -0.25) is 4.99 Å². The van der Waals surface area contributed by atoms with Crippen molar-refractivity contribution in [3.63, 3.8) is 0 Å². The highest BCUT2D eigenvalue weighted by Gasteiger charge is 2.23. The summed E-state index contributed by atoms with van der Waals surface area (Å²) in [7, 11) is 0. The molecule has 0 amide bonds. The van der Waals surface area contributed by atoms with Crippen molar-refractivity contribution in [3.8, 4) is 11.1 Å². The van der Waals surface area contributed by atoms with Crippen molar-refractivity contribution in [1.29, 1.82) is 0 Å². The van der Waals surface area contributed by atoms with Crippen molar-refractivity contribution in [2.75, 3.05) is 0 Å². The van der Waals surface area contributed by atoms with Crippen LogP contribution in [0, 0.1) is 6.92 Å². The molecule has 0 spiro atoms. The Labute approximate surface area is 130 Å². The largest absolute Gasteiger partial charge is 0.359 e. The van der Waals surface area contributed by atoms with Crippen LogP contribution in [0.2, 0.25) is 0 Å². The first kappa shape index (κ1) is 12.9. The fourth-order valence-corrected chi connectivity index (χ4v) is 3.00. The first-order chi connectivity index (χ1) is 10.8. The van der Waals surface area contributed by atoms with Crippen molar-refractivity contribution in [2.45, 2.75) is 13.1 Å². The van der Waals surface area contributed by atoms with Gasteiger partial charge < -0.3 is 10.2 Å². The number of nitrogens with zero attached hydrogens (tertiary/aromatic N) is 2. The smallest absolute Gasteiger partial charge is 0.139 e. The average Bonchev–Trinajstić information content (AvgIpc) is 2.99. The lowest BCUT2D eigenvalue weighted by atomic mass is 9.95. The molecule has 2 aromatic carbocycles. The predicted molar refractivity (Wildman–Crippen MR) is 91.0 cm³/mol. The van der Waals surface area contributed by atoms with Crippen LogP contribution in [0.1, 0.15) is 11.1 Å². The third-order valence-electron chi connectivity index (χ3n) is 4.16. The Balaban J connectivity index is 1.75. The number of aliphatic imine (C=N–C) groups is 1. The quantitative estimate of drug-likeness (QED) is 0.911. The zero-order valence-corrected chi connectivity index (χ0v) is 12.4. The zero-order valence-electron chi connectivity index (χ0n) is 12.4. The molecule has 0 saturated heterocycles. The standard InChI is InChI=1S/C19H17N3/c1-14-16(15-6-3-2-4-7-15)8-5-9-17(14)18-13-22-11-10-20-12-19(22)21-18/h2-13,19,21H,1H3. The molecule has 0 radical (unpaired) electrons. The first-order valence-electron chi connectivity index (χ1n) is 7.44. The van der Waals surface area contributed by atoms with Crippen molar-refractivity contribution >= 4 is 11.9 Å². The van der Waals surface area contributed by atoms with Crippen molar-refractivity contribution in [2.24, 2.45) is 4.99 Å². The Morgan fingerprint density at radius 1 is 1.00 bits per heavy atom. The zero-order chi connectivity index (χ0) is 14.9. The van der Waals surface area contributed by atoms with E-state index in [0.717, 1.165) is 5.70 Å². The van der Waals surface area contributed by atoms with Gasteiger partial charge >= 0.3 is 0 Å². The molecule has 1 N–H and O–H groups in total.